The second-order valence-electron chi connectivity index (χ2n) is 5.89. The molecule has 1 saturated carbocycles. The van der Waals surface area contributed by atoms with Crippen LogP contribution in [0.4, 0.5) is 0 Å². The van der Waals surface area contributed by atoms with Crippen LogP contribution < -0.4 is 5.32 Å². The van der Waals surface area contributed by atoms with Crippen molar-refractivity contribution in [2.75, 3.05) is 13.6 Å². The fourth-order valence-electron chi connectivity index (χ4n) is 2.82. The van der Waals surface area contributed by atoms with E-state index >= 15 is 0 Å². The van der Waals surface area contributed by atoms with Gasteiger partial charge in [0.15, 0.2) is 0 Å². The molecule has 0 saturated heterocycles. The van der Waals surface area contributed by atoms with Crippen LogP contribution in [0.5, 0.6) is 0 Å². The lowest BCUT2D eigenvalue weighted by Gasteiger charge is -2.37. The zero-order valence-electron chi connectivity index (χ0n) is 12.8. The molecular formula is C15H29N3. The van der Waals surface area contributed by atoms with Gasteiger partial charge in [-0.3, -0.25) is 9.98 Å². The highest BCUT2D eigenvalue weighted by molar-refractivity contribution is 5.98. The SMILES string of the molecule is CN=C(C)NC(C)=NCC1CCC(C)C(C)C1C. The highest BCUT2D eigenvalue weighted by Gasteiger charge is 2.31. The first-order chi connectivity index (χ1) is 8.45. The standard InChI is InChI=1S/C15H29N3/c1-10-7-8-15(12(3)11(10)2)9-17-14(5)18-13(4)16-6/h10-12,15H,7-9H2,1-6H3,(H,16,17,18). The monoisotopic (exact) mass is 251 g/mol. The second kappa shape index (κ2) is 6.91. The minimum Gasteiger partial charge on any atom is -0.333 e. The summed E-state index contributed by atoms with van der Waals surface area (Å²) < 4.78 is 0. The molecule has 0 amide bonds. The highest BCUT2D eigenvalue weighted by Crippen LogP contribution is 2.38. The third kappa shape index (κ3) is 4.11. The van der Waals surface area contributed by atoms with Crippen molar-refractivity contribution in [2.45, 2.75) is 47.5 Å². The maximum atomic E-state index is 4.67. The Kier molecular flexibility index (Phi) is 5.83. The van der Waals surface area contributed by atoms with Crippen molar-refractivity contribution in [3.63, 3.8) is 0 Å². The molecule has 0 spiro atoms. The first-order valence-electron chi connectivity index (χ1n) is 7.17. The van der Waals surface area contributed by atoms with Crippen LogP contribution >= 0.6 is 0 Å². The molecule has 0 heterocycles. The number of hydrogen-bond acceptors (Lipinski definition) is 2. The van der Waals surface area contributed by atoms with Crippen LogP contribution in [0.2, 0.25) is 0 Å². The van der Waals surface area contributed by atoms with E-state index in [0.717, 1.165) is 41.9 Å². The molecular weight excluding hydrogens is 222 g/mol. The average molecular weight is 251 g/mol. The van der Waals surface area contributed by atoms with E-state index in [0.29, 0.717) is 0 Å². The summed E-state index contributed by atoms with van der Waals surface area (Å²) >= 11 is 0. The Bertz CT molecular complexity index is 320. The molecule has 0 bridgehead atoms. The molecule has 1 rings (SSSR count). The van der Waals surface area contributed by atoms with Gasteiger partial charge in [-0.1, -0.05) is 27.2 Å². The minimum absolute atomic E-state index is 0.742. The first kappa shape index (κ1) is 15.2. The second-order valence-corrected chi connectivity index (χ2v) is 5.89. The van der Waals surface area contributed by atoms with E-state index in [1.54, 1.807) is 7.05 Å². The smallest absolute Gasteiger partial charge is 0.0984 e. The maximum Gasteiger partial charge on any atom is 0.0984 e. The van der Waals surface area contributed by atoms with Crippen LogP contribution in [0.1, 0.15) is 47.5 Å². The Balaban J connectivity index is 2.50. The molecule has 1 aliphatic rings. The van der Waals surface area contributed by atoms with Gasteiger partial charge in [-0.2, -0.15) is 0 Å². The number of nitrogens with one attached hydrogen (secondary N) is 1. The molecule has 4 atom stereocenters. The summed E-state index contributed by atoms with van der Waals surface area (Å²) in [4.78, 5) is 8.76. The van der Waals surface area contributed by atoms with Crippen LogP contribution in [0, 0.1) is 23.7 Å². The summed E-state index contributed by atoms with van der Waals surface area (Å²) in [5, 5.41) is 3.20. The Morgan fingerprint density at radius 1 is 1.06 bits per heavy atom. The third-order valence-electron chi connectivity index (χ3n) is 4.72. The van der Waals surface area contributed by atoms with Gasteiger partial charge >= 0.3 is 0 Å². The number of rotatable bonds is 2. The highest BCUT2D eigenvalue weighted by atomic mass is 15.0. The van der Waals surface area contributed by atoms with Gasteiger partial charge in [-0.25, -0.2) is 0 Å². The molecule has 0 aromatic heterocycles. The summed E-state index contributed by atoms with van der Waals surface area (Å²) in [6, 6.07) is 0. The summed E-state index contributed by atoms with van der Waals surface area (Å²) in [6.07, 6.45) is 2.68. The number of aliphatic imine (C=N–C) groups is 2. The minimum atomic E-state index is 0.742. The lowest BCUT2D eigenvalue weighted by Crippen LogP contribution is -2.32. The molecule has 1 fully saturated rings. The molecule has 0 aliphatic heterocycles. The van der Waals surface area contributed by atoms with Crippen LogP contribution in [-0.4, -0.2) is 25.3 Å². The summed E-state index contributed by atoms with van der Waals surface area (Å²) in [5.41, 5.74) is 0. The Morgan fingerprint density at radius 2 is 1.72 bits per heavy atom. The van der Waals surface area contributed by atoms with E-state index in [4.69, 9.17) is 0 Å². The van der Waals surface area contributed by atoms with Crippen LogP contribution in [0.25, 0.3) is 0 Å². The van der Waals surface area contributed by atoms with Crippen LogP contribution in [0.3, 0.4) is 0 Å². The fourth-order valence-corrected chi connectivity index (χ4v) is 2.82. The van der Waals surface area contributed by atoms with E-state index in [9.17, 15) is 0 Å². The summed E-state index contributed by atoms with van der Waals surface area (Å²) in [5.74, 6) is 5.13. The zero-order valence-corrected chi connectivity index (χ0v) is 12.8. The van der Waals surface area contributed by atoms with Crippen molar-refractivity contribution < 1.29 is 0 Å². The van der Waals surface area contributed by atoms with Gasteiger partial charge in [-0.15, -0.1) is 0 Å². The van der Waals surface area contributed by atoms with E-state index in [-0.39, 0.29) is 0 Å². The van der Waals surface area contributed by atoms with Crippen molar-refractivity contribution in [1.82, 2.24) is 5.32 Å². The molecule has 104 valence electrons. The van der Waals surface area contributed by atoms with Crippen molar-refractivity contribution in [2.24, 2.45) is 33.7 Å². The lowest BCUT2D eigenvalue weighted by molar-refractivity contribution is 0.131. The predicted octanol–water partition coefficient (Wildman–Crippen LogP) is 3.36. The lowest BCUT2D eigenvalue weighted by atomic mass is 9.69. The van der Waals surface area contributed by atoms with Crippen molar-refractivity contribution in [3.8, 4) is 0 Å². The van der Waals surface area contributed by atoms with Gasteiger partial charge in [-0.05, 0) is 43.9 Å². The Hall–Kier alpha value is -0.860. The Labute approximate surface area is 112 Å². The van der Waals surface area contributed by atoms with E-state index in [2.05, 4.69) is 36.1 Å². The zero-order chi connectivity index (χ0) is 13.7. The van der Waals surface area contributed by atoms with Gasteiger partial charge < -0.3 is 5.32 Å². The quantitative estimate of drug-likeness (QED) is 0.593. The fraction of sp³-hybridized carbons (Fsp3) is 0.867. The van der Waals surface area contributed by atoms with Gasteiger partial charge in [0.1, 0.15) is 0 Å². The molecule has 0 aromatic carbocycles. The average Bonchev–Trinajstić information content (AvgIpc) is 2.35. The van der Waals surface area contributed by atoms with Crippen molar-refractivity contribution >= 4 is 11.7 Å². The number of amidine groups is 2. The van der Waals surface area contributed by atoms with Gasteiger partial charge in [0, 0.05) is 13.6 Å². The molecule has 18 heavy (non-hydrogen) atoms. The van der Waals surface area contributed by atoms with Gasteiger partial charge in [0.25, 0.3) is 0 Å². The molecule has 1 aliphatic carbocycles. The predicted molar refractivity (Wildman–Crippen MR) is 80.4 cm³/mol. The maximum absolute atomic E-state index is 4.67. The number of hydrogen-bond donors (Lipinski definition) is 1. The van der Waals surface area contributed by atoms with Crippen LogP contribution in [0.15, 0.2) is 9.98 Å². The molecule has 3 heteroatoms. The van der Waals surface area contributed by atoms with Crippen LogP contribution in [-0.2, 0) is 0 Å². The Morgan fingerprint density at radius 3 is 2.33 bits per heavy atom. The third-order valence-corrected chi connectivity index (χ3v) is 4.72. The molecule has 3 nitrogen and oxygen atoms in total. The van der Waals surface area contributed by atoms with Gasteiger partial charge in [0.05, 0.1) is 11.7 Å². The number of nitrogens with zero attached hydrogens (tertiary/aromatic N) is 2. The molecule has 0 radical (unpaired) electrons. The topological polar surface area (TPSA) is 36.8 Å². The van der Waals surface area contributed by atoms with Crippen molar-refractivity contribution in [3.05, 3.63) is 0 Å². The molecule has 4 unspecified atom stereocenters. The molecule has 1 N–H and O–H groups in total. The van der Waals surface area contributed by atoms with Gasteiger partial charge in [0.2, 0.25) is 0 Å². The van der Waals surface area contributed by atoms with E-state index in [1.807, 2.05) is 13.8 Å². The van der Waals surface area contributed by atoms with E-state index < -0.39 is 0 Å². The summed E-state index contributed by atoms with van der Waals surface area (Å²) in [7, 11) is 1.79. The van der Waals surface area contributed by atoms with Crippen molar-refractivity contribution in [1.29, 1.82) is 0 Å². The largest absolute Gasteiger partial charge is 0.333 e. The first-order valence-corrected chi connectivity index (χ1v) is 7.17. The molecule has 0 aromatic rings. The van der Waals surface area contributed by atoms with E-state index in [1.165, 1.54) is 12.8 Å². The normalized spacial score (nSPS) is 34.6. The summed E-state index contributed by atoms with van der Waals surface area (Å²) in [6.45, 7) is 12.1.